The van der Waals surface area contributed by atoms with Crippen molar-refractivity contribution in [2.75, 3.05) is 41.8 Å². The zero-order valence-corrected chi connectivity index (χ0v) is 18.1. The number of hydrogen-bond acceptors (Lipinski definition) is 8. The molecule has 9 heteroatoms. The molecule has 1 fully saturated rings. The Morgan fingerprint density at radius 3 is 2.77 bits per heavy atom. The summed E-state index contributed by atoms with van der Waals surface area (Å²) >= 11 is 6.32. The number of nitrogens with zero attached hydrogens (tertiary/aromatic N) is 4. The van der Waals surface area contributed by atoms with Crippen LogP contribution in [-0.2, 0) is 17.9 Å². The van der Waals surface area contributed by atoms with Gasteiger partial charge in [0.05, 0.1) is 32.1 Å². The molecule has 3 N–H and O–H groups in total. The maximum absolute atomic E-state index is 9.36. The van der Waals surface area contributed by atoms with Crippen molar-refractivity contribution in [2.45, 2.75) is 20.1 Å². The summed E-state index contributed by atoms with van der Waals surface area (Å²) in [4.78, 5) is 15.7. The van der Waals surface area contributed by atoms with Gasteiger partial charge >= 0.3 is 0 Å². The average molecular weight is 441 g/mol. The molecule has 31 heavy (non-hydrogen) atoms. The van der Waals surface area contributed by atoms with Crippen LogP contribution >= 0.6 is 11.6 Å². The highest BCUT2D eigenvalue weighted by Gasteiger charge is 2.14. The Hall–Kier alpha value is -2.94. The van der Waals surface area contributed by atoms with Gasteiger partial charge in [0.1, 0.15) is 11.6 Å². The lowest BCUT2D eigenvalue weighted by Gasteiger charge is -2.28. The topological polar surface area (TPSA) is 95.4 Å². The minimum absolute atomic E-state index is 0.00954. The molecule has 3 aromatic rings. The van der Waals surface area contributed by atoms with Crippen LogP contribution in [0.4, 0.5) is 23.3 Å². The first-order valence-electron chi connectivity index (χ1n) is 10.1. The number of nitrogens with one attached hydrogen (secondary N) is 2. The largest absolute Gasteiger partial charge is 0.392 e. The number of aliphatic hydroxyl groups is 1. The summed E-state index contributed by atoms with van der Waals surface area (Å²) in [5, 5.41) is 16.5. The number of pyridine rings is 1. The van der Waals surface area contributed by atoms with E-state index in [2.05, 4.69) is 30.5 Å². The molecule has 0 amide bonds. The van der Waals surface area contributed by atoms with Crippen LogP contribution in [0.3, 0.4) is 0 Å². The van der Waals surface area contributed by atoms with Crippen LogP contribution in [0.15, 0.2) is 42.6 Å². The van der Waals surface area contributed by atoms with Gasteiger partial charge < -0.3 is 25.4 Å². The van der Waals surface area contributed by atoms with Gasteiger partial charge in [-0.05, 0) is 42.3 Å². The van der Waals surface area contributed by atoms with Crippen LogP contribution in [-0.4, -0.2) is 46.4 Å². The van der Waals surface area contributed by atoms with E-state index >= 15 is 0 Å². The number of anilines is 4. The van der Waals surface area contributed by atoms with Crippen molar-refractivity contribution < 1.29 is 9.84 Å². The number of morpholine rings is 1. The fourth-order valence-corrected chi connectivity index (χ4v) is 3.52. The minimum atomic E-state index is 0.00954. The Morgan fingerprint density at radius 1 is 1.13 bits per heavy atom. The quantitative estimate of drug-likeness (QED) is 0.513. The second-order valence-electron chi connectivity index (χ2n) is 7.29. The van der Waals surface area contributed by atoms with E-state index in [4.69, 9.17) is 16.3 Å². The van der Waals surface area contributed by atoms with Crippen LogP contribution in [0.5, 0.6) is 0 Å². The smallest absolute Gasteiger partial charge is 0.228 e. The van der Waals surface area contributed by atoms with Crippen molar-refractivity contribution in [3.05, 3.63) is 64.4 Å². The summed E-state index contributed by atoms with van der Waals surface area (Å²) in [6.45, 7) is 5.46. The molecule has 0 unspecified atom stereocenters. The summed E-state index contributed by atoms with van der Waals surface area (Å²) in [6, 6.07) is 11.3. The molecule has 0 saturated carbocycles. The van der Waals surface area contributed by atoms with Gasteiger partial charge in [0, 0.05) is 30.0 Å². The number of aryl methyl sites for hydroxylation is 1. The highest BCUT2D eigenvalue weighted by atomic mass is 35.5. The summed E-state index contributed by atoms with van der Waals surface area (Å²) in [5.74, 6) is 1.84. The molecule has 3 heterocycles. The number of hydrogen-bond donors (Lipinski definition) is 3. The van der Waals surface area contributed by atoms with Gasteiger partial charge in [0.15, 0.2) is 0 Å². The lowest BCUT2D eigenvalue weighted by atomic mass is 10.1. The fraction of sp³-hybridized carbons (Fsp3) is 0.318. The summed E-state index contributed by atoms with van der Waals surface area (Å²) < 4.78 is 5.41. The standard InChI is InChI=1S/C22H25ClN6O2/c1-15-2-3-16(14-30)10-19(15)25-13-18-4-5-24-22(26-18)28-20-11-17(23)12-21(27-20)29-6-8-31-9-7-29/h2-5,10-12,25,30H,6-9,13-14H2,1H3,(H,24,26,27,28). The summed E-state index contributed by atoms with van der Waals surface area (Å²) in [5.41, 5.74) is 3.75. The van der Waals surface area contributed by atoms with E-state index in [0.717, 1.165) is 41.4 Å². The first-order chi connectivity index (χ1) is 15.1. The van der Waals surface area contributed by atoms with Crippen molar-refractivity contribution in [3.8, 4) is 0 Å². The molecular formula is C22H25ClN6O2. The van der Waals surface area contributed by atoms with Crippen molar-refractivity contribution >= 4 is 34.9 Å². The molecule has 0 spiro atoms. The second kappa shape index (κ2) is 9.91. The maximum atomic E-state index is 9.36. The van der Waals surface area contributed by atoms with E-state index in [1.54, 1.807) is 12.3 Å². The van der Waals surface area contributed by atoms with E-state index in [1.165, 1.54) is 0 Å². The Labute approximate surface area is 186 Å². The molecule has 1 aliphatic heterocycles. The molecule has 1 aliphatic rings. The number of ether oxygens (including phenoxy) is 1. The van der Waals surface area contributed by atoms with Gasteiger partial charge in [-0.15, -0.1) is 0 Å². The van der Waals surface area contributed by atoms with Gasteiger partial charge in [-0.2, -0.15) is 0 Å². The monoisotopic (exact) mass is 440 g/mol. The SMILES string of the molecule is Cc1ccc(CO)cc1NCc1ccnc(Nc2cc(Cl)cc(N3CCOCC3)n2)n1. The predicted molar refractivity (Wildman–Crippen MR) is 122 cm³/mol. The van der Waals surface area contributed by atoms with Crippen LogP contribution in [0, 0.1) is 6.92 Å². The number of rotatable bonds is 7. The first kappa shape index (κ1) is 21.3. The zero-order chi connectivity index (χ0) is 21.6. The molecule has 162 valence electrons. The third-order valence-corrected chi connectivity index (χ3v) is 5.23. The number of aromatic nitrogens is 3. The highest BCUT2D eigenvalue weighted by molar-refractivity contribution is 6.31. The van der Waals surface area contributed by atoms with Crippen molar-refractivity contribution in [2.24, 2.45) is 0 Å². The normalized spacial score (nSPS) is 13.8. The lowest BCUT2D eigenvalue weighted by molar-refractivity contribution is 0.122. The summed E-state index contributed by atoms with van der Waals surface area (Å²) in [7, 11) is 0. The van der Waals surface area contributed by atoms with Crippen LogP contribution in [0.1, 0.15) is 16.8 Å². The van der Waals surface area contributed by atoms with Crippen molar-refractivity contribution in [3.63, 3.8) is 0 Å². The fourth-order valence-electron chi connectivity index (χ4n) is 3.32. The lowest BCUT2D eigenvalue weighted by Crippen LogP contribution is -2.36. The Kier molecular flexibility index (Phi) is 6.81. The van der Waals surface area contributed by atoms with Gasteiger partial charge in [-0.25, -0.2) is 15.0 Å². The van der Waals surface area contributed by atoms with Crippen molar-refractivity contribution in [1.29, 1.82) is 0 Å². The molecule has 1 saturated heterocycles. The molecule has 1 aromatic carbocycles. The van der Waals surface area contributed by atoms with E-state index in [1.807, 2.05) is 37.3 Å². The average Bonchev–Trinajstić information content (AvgIpc) is 2.79. The van der Waals surface area contributed by atoms with Gasteiger partial charge in [0.2, 0.25) is 5.95 Å². The van der Waals surface area contributed by atoms with Crippen LogP contribution in [0.25, 0.3) is 0 Å². The summed E-state index contributed by atoms with van der Waals surface area (Å²) in [6.07, 6.45) is 1.71. The molecular weight excluding hydrogens is 416 g/mol. The number of halogens is 1. The second-order valence-corrected chi connectivity index (χ2v) is 7.72. The maximum Gasteiger partial charge on any atom is 0.228 e. The van der Waals surface area contributed by atoms with Gasteiger partial charge in [-0.3, -0.25) is 0 Å². The number of benzene rings is 1. The van der Waals surface area contributed by atoms with Crippen molar-refractivity contribution in [1.82, 2.24) is 15.0 Å². The van der Waals surface area contributed by atoms with Gasteiger partial charge in [-0.1, -0.05) is 23.7 Å². The molecule has 8 nitrogen and oxygen atoms in total. The van der Waals surface area contributed by atoms with E-state index in [-0.39, 0.29) is 6.61 Å². The molecule has 0 atom stereocenters. The van der Waals surface area contributed by atoms with E-state index < -0.39 is 0 Å². The Balaban J connectivity index is 1.46. The molecule has 4 rings (SSSR count). The Morgan fingerprint density at radius 2 is 1.97 bits per heavy atom. The molecule has 0 aliphatic carbocycles. The number of aliphatic hydroxyl groups excluding tert-OH is 1. The van der Waals surface area contributed by atoms with Gasteiger partial charge in [0.25, 0.3) is 0 Å². The zero-order valence-electron chi connectivity index (χ0n) is 17.3. The predicted octanol–water partition coefficient (Wildman–Crippen LogP) is 3.52. The van der Waals surface area contributed by atoms with Crippen LogP contribution < -0.4 is 15.5 Å². The first-order valence-corrected chi connectivity index (χ1v) is 10.5. The third kappa shape index (κ3) is 5.61. The minimum Gasteiger partial charge on any atom is -0.392 e. The van der Waals surface area contributed by atoms with E-state index in [0.29, 0.717) is 36.5 Å². The highest BCUT2D eigenvalue weighted by Crippen LogP contribution is 2.24. The van der Waals surface area contributed by atoms with E-state index in [9.17, 15) is 5.11 Å². The van der Waals surface area contributed by atoms with Crippen LogP contribution in [0.2, 0.25) is 5.02 Å². The molecule has 2 aromatic heterocycles. The third-order valence-electron chi connectivity index (χ3n) is 5.01. The Bertz CT molecular complexity index is 1040. The molecule has 0 bridgehead atoms. The molecule has 0 radical (unpaired) electrons.